The zero-order chi connectivity index (χ0) is 26.6. The van der Waals surface area contributed by atoms with Gasteiger partial charge in [-0.2, -0.15) is 0 Å². The molecule has 1 aromatic heterocycles. The van der Waals surface area contributed by atoms with E-state index in [9.17, 15) is 32.7 Å². The molecule has 37 heavy (non-hydrogen) atoms. The standard InChI is InChI=1S/C24H23F3N4O6/c1-11-3-4-24(7-18(36-2)29-37-24)17-10-30(11)23(35)19-21(33)20(32)14(9-31(17)19)22(34)28-8-13-15(26)5-12(25)6-16(13)27/h5-6,9,11,17,33H,3-4,7-8,10H2,1-2H3,(H,28,34)/t11-,17-,24+/m1/s1. The maximum absolute atomic E-state index is 14.0. The van der Waals surface area contributed by atoms with Gasteiger partial charge in [-0.05, 0) is 19.8 Å². The Morgan fingerprint density at radius 1 is 1.30 bits per heavy atom. The number of methoxy groups -OCH3 is 1. The monoisotopic (exact) mass is 520 g/mol. The van der Waals surface area contributed by atoms with Crippen molar-refractivity contribution >= 4 is 17.7 Å². The van der Waals surface area contributed by atoms with Crippen LogP contribution in [0.4, 0.5) is 13.2 Å². The quantitative estimate of drug-likeness (QED) is 0.640. The molecule has 0 radical (unpaired) electrons. The van der Waals surface area contributed by atoms with Gasteiger partial charge >= 0.3 is 0 Å². The summed E-state index contributed by atoms with van der Waals surface area (Å²) in [5.41, 5.74) is -3.55. The molecule has 2 aromatic rings. The number of fused-ring (bicyclic) bond motifs is 5. The van der Waals surface area contributed by atoms with Crippen molar-refractivity contribution in [1.82, 2.24) is 14.8 Å². The van der Waals surface area contributed by atoms with Crippen LogP contribution >= 0.6 is 0 Å². The number of hydrogen-bond donors (Lipinski definition) is 2. The minimum absolute atomic E-state index is 0.162. The summed E-state index contributed by atoms with van der Waals surface area (Å²) in [4.78, 5) is 46.5. The van der Waals surface area contributed by atoms with Crippen LogP contribution in [0.3, 0.4) is 0 Å². The first-order valence-electron chi connectivity index (χ1n) is 11.6. The molecule has 2 N–H and O–H groups in total. The number of carbonyl (C=O) groups is 2. The van der Waals surface area contributed by atoms with Crippen molar-refractivity contribution in [2.45, 2.75) is 50.4 Å². The van der Waals surface area contributed by atoms with Crippen LogP contribution in [0.15, 0.2) is 28.3 Å². The molecule has 196 valence electrons. The first-order chi connectivity index (χ1) is 17.6. The van der Waals surface area contributed by atoms with Crippen LogP contribution < -0.4 is 10.7 Å². The Balaban J connectivity index is 1.55. The third-order valence-corrected chi connectivity index (χ3v) is 7.30. The van der Waals surface area contributed by atoms with Crippen molar-refractivity contribution in [3.8, 4) is 5.75 Å². The number of nitrogens with one attached hydrogen (secondary N) is 1. The minimum Gasteiger partial charge on any atom is -0.503 e. The Hall–Kier alpha value is -4.03. The van der Waals surface area contributed by atoms with E-state index in [1.165, 1.54) is 11.7 Å². The number of hydrogen-bond acceptors (Lipinski definition) is 7. The van der Waals surface area contributed by atoms with Crippen molar-refractivity contribution < 1.29 is 37.4 Å². The SMILES string of the molecule is COC1=NO[C@@]2(CC[C@@H](C)N3C[C@H]2n2cc(C(=O)NCc4c(F)cc(F)cc4F)c(=O)c(O)c2C3=O)C1. The Bertz CT molecular complexity index is 1390. The Morgan fingerprint density at radius 3 is 2.65 bits per heavy atom. The second-order valence-electron chi connectivity index (χ2n) is 9.39. The fourth-order valence-corrected chi connectivity index (χ4v) is 5.20. The van der Waals surface area contributed by atoms with Gasteiger partial charge in [0.15, 0.2) is 17.0 Å². The number of aromatic nitrogens is 1. The molecule has 0 saturated carbocycles. The molecule has 2 bridgehead atoms. The minimum atomic E-state index is -1.21. The van der Waals surface area contributed by atoms with Crippen molar-refractivity contribution in [3.05, 3.63) is 62.8 Å². The second kappa shape index (κ2) is 8.82. The molecule has 0 aliphatic carbocycles. The first kappa shape index (κ1) is 24.7. The van der Waals surface area contributed by atoms with Crippen LogP contribution in [0.25, 0.3) is 0 Å². The van der Waals surface area contributed by atoms with Crippen LogP contribution in [0.5, 0.6) is 5.75 Å². The number of ether oxygens (including phenoxy) is 1. The Kier molecular flexibility index (Phi) is 5.88. The molecule has 10 nitrogen and oxygen atoms in total. The highest BCUT2D eigenvalue weighted by Crippen LogP contribution is 2.46. The molecule has 1 aromatic carbocycles. The molecular formula is C24H23F3N4O6. The van der Waals surface area contributed by atoms with Gasteiger partial charge in [0.2, 0.25) is 11.3 Å². The summed E-state index contributed by atoms with van der Waals surface area (Å²) in [6, 6.07) is 0.0562. The maximum Gasteiger partial charge on any atom is 0.274 e. The Morgan fingerprint density at radius 2 is 2.00 bits per heavy atom. The van der Waals surface area contributed by atoms with E-state index in [-0.39, 0.29) is 24.7 Å². The smallest absolute Gasteiger partial charge is 0.274 e. The van der Waals surface area contributed by atoms with E-state index in [1.54, 1.807) is 4.90 Å². The topological polar surface area (TPSA) is 122 Å². The largest absolute Gasteiger partial charge is 0.503 e. The van der Waals surface area contributed by atoms with Gasteiger partial charge in [0.1, 0.15) is 23.0 Å². The van der Waals surface area contributed by atoms with Crippen LogP contribution in [0, 0.1) is 17.5 Å². The third-order valence-electron chi connectivity index (χ3n) is 7.30. The number of carbonyl (C=O) groups excluding carboxylic acids is 2. The average Bonchev–Trinajstić information content (AvgIpc) is 3.23. The molecule has 0 unspecified atom stereocenters. The van der Waals surface area contributed by atoms with Gasteiger partial charge < -0.3 is 29.5 Å². The molecular weight excluding hydrogens is 497 g/mol. The summed E-state index contributed by atoms with van der Waals surface area (Å²) in [5, 5.41) is 17.0. The number of pyridine rings is 1. The van der Waals surface area contributed by atoms with Gasteiger partial charge in [-0.3, -0.25) is 14.4 Å². The highest BCUT2D eigenvalue weighted by Gasteiger charge is 2.54. The average molecular weight is 520 g/mol. The first-order valence-corrected chi connectivity index (χ1v) is 11.6. The summed E-state index contributed by atoms with van der Waals surface area (Å²) in [7, 11) is 1.45. The molecule has 13 heteroatoms. The number of halogens is 3. The second-order valence-corrected chi connectivity index (χ2v) is 9.39. The predicted molar refractivity (Wildman–Crippen MR) is 121 cm³/mol. The van der Waals surface area contributed by atoms with Crippen molar-refractivity contribution in [2.75, 3.05) is 13.7 Å². The van der Waals surface area contributed by atoms with Gasteiger partial charge in [0.05, 0.1) is 19.6 Å². The van der Waals surface area contributed by atoms with E-state index in [2.05, 4.69) is 10.5 Å². The predicted octanol–water partition coefficient (Wildman–Crippen LogP) is 2.20. The molecule has 4 heterocycles. The molecule has 5 rings (SSSR count). The molecule has 3 aliphatic rings. The van der Waals surface area contributed by atoms with Gasteiger partial charge in [0, 0.05) is 43.0 Å². The van der Waals surface area contributed by atoms with Crippen LogP contribution in [0.2, 0.25) is 0 Å². The summed E-state index contributed by atoms with van der Waals surface area (Å²) >= 11 is 0. The lowest BCUT2D eigenvalue weighted by molar-refractivity contribution is -0.0655. The number of benzene rings is 1. The number of nitrogens with zero attached hydrogens (tertiary/aromatic N) is 3. The summed E-state index contributed by atoms with van der Waals surface area (Å²) in [6.45, 7) is 1.32. The summed E-state index contributed by atoms with van der Waals surface area (Å²) < 4.78 is 47.8. The molecule has 1 fully saturated rings. The zero-order valence-electron chi connectivity index (χ0n) is 19.9. The summed E-state index contributed by atoms with van der Waals surface area (Å²) in [6.07, 6.45) is 2.42. The Labute approximate surface area is 208 Å². The highest BCUT2D eigenvalue weighted by atomic mass is 19.1. The van der Waals surface area contributed by atoms with Crippen molar-refractivity contribution in [1.29, 1.82) is 0 Å². The van der Waals surface area contributed by atoms with E-state index < -0.39 is 69.8 Å². The zero-order valence-corrected chi connectivity index (χ0v) is 19.9. The number of aromatic hydroxyl groups is 1. The van der Waals surface area contributed by atoms with E-state index in [1.807, 2.05) is 6.92 Å². The van der Waals surface area contributed by atoms with E-state index in [0.29, 0.717) is 30.9 Å². The van der Waals surface area contributed by atoms with E-state index >= 15 is 0 Å². The highest BCUT2D eigenvalue weighted by molar-refractivity contribution is 5.99. The van der Waals surface area contributed by atoms with Crippen molar-refractivity contribution in [2.24, 2.45) is 5.16 Å². The molecule has 2 amide bonds. The van der Waals surface area contributed by atoms with Gasteiger partial charge in [-0.25, -0.2) is 13.2 Å². The normalized spacial score (nSPS) is 24.3. The lowest BCUT2D eigenvalue weighted by atomic mass is 9.85. The van der Waals surface area contributed by atoms with Crippen LogP contribution in [-0.4, -0.2) is 57.6 Å². The maximum atomic E-state index is 14.0. The molecule has 1 saturated heterocycles. The van der Waals surface area contributed by atoms with Gasteiger partial charge in [-0.1, -0.05) is 5.16 Å². The number of oxime groups is 1. The molecule has 3 atom stereocenters. The number of amides is 2. The van der Waals surface area contributed by atoms with Crippen LogP contribution in [-0.2, 0) is 16.1 Å². The summed E-state index contributed by atoms with van der Waals surface area (Å²) in [5.74, 6) is -5.77. The fourth-order valence-electron chi connectivity index (χ4n) is 5.20. The van der Waals surface area contributed by atoms with E-state index in [0.717, 1.165) is 6.20 Å². The lowest BCUT2D eigenvalue weighted by Crippen LogP contribution is -2.52. The van der Waals surface area contributed by atoms with Crippen molar-refractivity contribution in [3.63, 3.8) is 0 Å². The van der Waals surface area contributed by atoms with Gasteiger partial charge in [-0.15, -0.1) is 0 Å². The van der Waals surface area contributed by atoms with Gasteiger partial charge in [0.25, 0.3) is 11.8 Å². The van der Waals surface area contributed by atoms with E-state index in [4.69, 9.17) is 9.57 Å². The molecule has 1 spiro atoms. The number of rotatable bonds is 3. The van der Waals surface area contributed by atoms with Crippen LogP contribution in [0.1, 0.15) is 58.6 Å². The third kappa shape index (κ3) is 3.89. The lowest BCUT2D eigenvalue weighted by Gasteiger charge is -2.41. The fraction of sp³-hybridized carbons (Fsp3) is 0.417. The molecule has 3 aliphatic heterocycles.